The van der Waals surface area contributed by atoms with Gasteiger partial charge in [0, 0.05) is 24.1 Å². The van der Waals surface area contributed by atoms with Crippen LogP contribution in [-0.2, 0) is 4.79 Å². The van der Waals surface area contributed by atoms with Crippen molar-refractivity contribution in [3.8, 4) is 0 Å². The predicted octanol–water partition coefficient (Wildman–Crippen LogP) is 5.07. The van der Waals surface area contributed by atoms with Gasteiger partial charge in [-0.05, 0) is 67.6 Å². The van der Waals surface area contributed by atoms with Gasteiger partial charge in [-0.3, -0.25) is 19.5 Å². The maximum Gasteiger partial charge on any atom is 0.279 e. The minimum Gasteiger partial charge on any atom is -0.351 e. The van der Waals surface area contributed by atoms with Crippen LogP contribution < -0.4 is 10.2 Å². The third-order valence-electron chi connectivity index (χ3n) is 6.41. The minimum atomic E-state index is -1.00. The maximum atomic E-state index is 13.8. The molecule has 6 nitrogen and oxygen atoms in total. The van der Waals surface area contributed by atoms with Crippen LogP contribution in [0, 0.1) is 19.7 Å². The lowest BCUT2D eigenvalue weighted by Crippen LogP contribution is -2.47. The van der Waals surface area contributed by atoms with Gasteiger partial charge in [-0.2, -0.15) is 0 Å². The molecule has 1 N–H and O–H groups in total. The van der Waals surface area contributed by atoms with Crippen molar-refractivity contribution in [2.75, 3.05) is 4.90 Å². The van der Waals surface area contributed by atoms with E-state index in [1.165, 1.54) is 35.6 Å². The number of halogens is 1. The molecule has 4 rings (SSSR count). The third kappa shape index (κ3) is 5.30. The lowest BCUT2D eigenvalue weighted by Gasteiger charge is -2.33. The second kappa shape index (κ2) is 10.5. The molecule has 1 aromatic heterocycles. The number of hydrogen-bond acceptors (Lipinski definition) is 4. The SMILES string of the molecule is Cc1ccc(N(C(=O)c2cnccn2)C(C(=O)NC2CCCCC2)c2ccc(F)cc2)cc1C. The van der Waals surface area contributed by atoms with E-state index < -0.39 is 17.8 Å². The first-order chi connectivity index (χ1) is 16.4. The van der Waals surface area contributed by atoms with Crippen molar-refractivity contribution in [2.24, 2.45) is 0 Å². The van der Waals surface area contributed by atoms with Crippen LogP contribution >= 0.6 is 0 Å². The number of nitrogens with zero attached hydrogens (tertiary/aromatic N) is 3. The van der Waals surface area contributed by atoms with Crippen molar-refractivity contribution in [3.63, 3.8) is 0 Å². The Morgan fingerprint density at radius 2 is 1.74 bits per heavy atom. The molecule has 0 saturated heterocycles. The van der Waals surface area contributed by atoms with Gasteiger partial charge >= 0.3 is 0 Å². The zero-order valence-electron chi connectivity index (χ0n) is 19.5. The summed E-state index contributed by atoms with van der Waals surface area (Å²) in [5.74, 6) is -1.16. The number of aryl methyl sites for hydroxylation is 2. The summed E-state index contributed by atoms with van der Waals surface area (Å²) < 4.78 is 13.8. The number of carbonyl (C=O) groups excluding carboxylic acids is 2. The summed E-state index contributed by atoms with van der Waals surface area (Å²) >= 11 is 0. The fourth-order valence-corrected chi connectivity index (χ4v) is 4.38. The van der Waals surface area contributed by atoms with Crippen LogP contribution in [0.2, 0.25) is 0 Å². The molecule has 0 bridgehead atoms. The average molecular weight is 461 g/mol. The van der Waals surface area contributed by atoms with Crippen molar-refractivity contribution < 1.29 is 14.0 Å². The number of anilines is 1. The first-order valence-corrected chi connectivity index (χ1v) is 11.7. The number of benzene rings is 2. The van der Waals surface area contributed by atoms with E-state index in [-0.39, 0.29) is 17.6 Å². The molecular formula is C27H29FN4O2. The van der Waals surface area contributed by atoms with Crippen LogP contribution in [0.3, 0.4) is 0 Å². The number of amides is 2. The summed E-state index contributed by atoms with van der Waals surface area (Å²) in [7, 11) is 0. The van der Waals surface area contributed by atoms with Crippen molar-refractivity contribution in [2.45, 2.75) is 58.0 Å². The summed E-state index contributed by atoms with van der Waals surface area (Å²) in [6.45, 7) is 3.94. The lowest BCUT2D eigenvalue weighted by atomic mass is 9.94. The van der Waals surface area contributed by atoms with Gasteiger partial charge in [0.1, 0.15) is 17.6 Å². The molecule has 7 heteroatoms. The van der Waals surface area contributed by atoms with Crippen molar-refractivity contribution in [1.82, 2.24) is 15.3 Å². The molecule has 0 aliphatic heterocycles. The highest BCUT2D eigenvalue weighted by molar-refractivity contribution is 6.09. The maximum absolute atomic E-state index is 13.8. The van der Waals surface area contributed by atoms with Crippen LogP contribution in [-0.4, -0.2) is 27.8 Å². The van der Waals surface area contributed by atoms with Crippen LogP contribution in [0.4, 0.5) is 10.1 Å². The minimum absolute atomic E-state index is 0.0532. The van der Waals surface area contributed by atoms with Gasteiger partial charge in [0.15, 0.2) is 0 Å². The Kier molecular flexibility index (Phi) is 7.30. The van der Waals surface area contributed by atoms with Gasteiger partial charge in [-0.15, -0.1) is 0 Å². The van der Waals surface area contributed by atoms with E-state index in [1.54, 1.807) is 12.1 Å². The smallest absolute Gasteiger partial charge is 0.279 e. The molecule has 176 valence electrons. The van der Waals surface area contributed by atoms with Crippen LogP contribution in [0.25, 0.3) is 0 Å². The molecule has 2 amide bonds. The van der Waals surface area contributed by atoms with Gasteiger partial charge in [-0.25, -0.2) is 9.37 Å². The highest BCUT2D eigenvalue weighted by Gasteiger charge is 2.35. The van der Waals surface area contributed by atoms with Gasteiger partial charge in [0.25, 0.3) is 5.91 Å². The quantitative estimate of drug-likeness (QED) is 0.557. The Morgan fingerprint density at radius 3 is 2.38 bits per heavy atom. The molecule has 1 aliphatic rings. The monoisotopic (exact) mass is 460 g/mol. The van der Waals surface area contributed by atoms with E-state index in [0.717, 1.165) is 43.2 Å². The van der Waals surface area contributed by atoms with E-state index >= 15 is 0 Å². The summed E-state index contributed by atoms with van der Waals surface area (Å²) in [5, 5.41) is 3.15. The molecular weight excluding hydrogens is 431 g/mol. The Bertz CT molecular complexity index is 1150. The van der Waals surface area contributed by atoms with Gasteiger partial charge in [0.2, 0.25) is 5.91 Å². The van der Waals surface area contributed by atoms with Gasteiger partial charge < -0.3 is 5.32 Å². The van der Waals surface area contributed by atoms with Crippen LogP contribution in [0.5, 0.6) is 0 Å². The Balaban J connectivity index is 1.82. The van der Waals surface area contributed by atoms with Crippen molar-refractivity contribution >= 4 is 17.5 Å². The lowest BCUT2D eigenvalue weighted by molar-refractivity contribution is -0.123. The molecule has 2 aromatic carbocycles. The zero-order chi connectivity index (χ0) is 24.1. The first kappa shape index (κ1) is 23.5. The fourth-order valence-electron chi connectivity index (χ4n) is 4.38. The number of nitrogens with one attached hydrogen (secondary N) is 1. The first-order valence-electron chi connectivity index (χ1n) is 11.7. The molecule has 1 atom stereocenters. The Morgan fingerprint density at radius 1 is 1.00 bits per heavy atom. The van der Waals surface area contributed by atoms with E-state index in [0.29, 0.717) is 11.3 Å². The van der Waals surface area contributed by atoms with Crippen LogP contribution in [0.15, 0.2) is 61.1 Å². The summed E-state index contributed by atoms with van der Waals surface area (Å²) in [4.78, 5) is 37.2. The number of rotatable bonds is 6. The molecule has 1 aliphatic carbocycles. The second-order valence-corrected chi connectivity index (χ2v) is 8.83. The zero-order valence-corrected chi connectivity index (χ0v) is 19.5. The standard InChI is InChI=1S/C27H29FN4O2/c1-18-8-13-23(16-19(18)2)32(27(34)24-17-29-14-15-30-24)25(20-9-11-21(28)12-10-20)26(33)31-22-6-4-3-5-7-22/h8-17,22,25H,3-7H2,1-2H3,(H,31,33). The number of carbonyl (C=O) groups is 2. The molecule has 1 unspecified atom stereocenters. The Labute approximate surface area is 199 Å². The molecule has 34 heavy (non-hydrogen) atoms. The molecule has 0 spiro atoms. The van der Waals surface area contributed by atoms with Gasteiger partial charge in [-0.1, -0.05) is 37.5 Å². The summed E-state index contributed by atoms with van der Waals surface area (Å²) in [6.07, 6.45) is 9.42. The van der Waals surface area contributed by atoms with E-state index in [1.807, 2.05) is 32.0 Å². The summed E-state index contributed by atoms with van der Waals surface area (Å²) in [5.41, 5.74) is 3.26. The highest BCUT2D eigenvalue weighted by Crippen LogP contribution is 2.31. The number of hydrogen-bond donors (Lipinski definition) is 1. The Hall–Kier alpha value is -3.61. The van der Waals surface area contributed by atoms with E-state index in [4.69, 9.17) is 0 Å². The highest BCUT2D eigenvalue weighted by atomic mass is 19.1. The molecule has 0 radical (unpaired) electrons. The average Bonchev–Trinajstić information content (AvgIpc) is 2.86. The van der Waals surface area contributed by atoms with E-state index in [2.05, 4.69) is 15.3 Å². The largest absolute Gasteiger partial charge is 0.351 e. The second-order valence-electron chi connectivity index (χ2n) is 8.83. The van der Waals surface area contributed by atoms with Gasteiger partial charge in [0.05, 0.1) is 6.20 Å². The van der Waals surface area contributed by atoms with Crippen molar-refractivity contribution in [1.29, 1.82) is 0 Å². The molecule has 1 heterocycles. The molecule has 3 aromatic rings. The summed E-state index contributed by atoms with van der Waals surface area (Å²) in [6, 6.07) is 10.4. The van der Waals surface area contributed by atoms with E-state index in [9.17, 15) is 14.0 Å². The normalized spacial score (nSPS) is 14.9. The number of aromatic nitrogens is 2. The third-order valence-corrected chi connectivity index (χ3v) is 6.41. The topological polar surface area (TPSA) is 75.2 Å². The fraction of sp³-hybridized carbons (Fsp3) is 0.333. The molecule has 1 fully saturated rings. The predicted molar refractivity (Wildman–Crippen MR) is 129 cm³/mol. The molecule has 1 saturated carbocycles. The van der Waals surface area contributed by atoms with Crippen molar-refractivity contribution in [3.05, 3.63) is 89.3 Å². The van der Waals surface area contributed by atoms with Crippen LogP contribution in [0.1, 0.15) is 65.3 Å².